The van der Waals surface area contributed by atoms with Crippen LogP contribution in [0.5, 0.6) is 0 Å². The average molecular weight is 252 g/mol. The van der Waals surface area contributed by atoms with E-state index >= 15 is 0 Å². The van der Waals surface area contributed by atoms with Crippen molar-refractivity contribution in [2.45, 2.75) is 27.7 Å². The van der Waals surface area contributed by atoms with Crippen molar-refractivity contribution in [1.82, 2.24) is 9.97 Å². The van der Waals surface area contributed by atoms with Crippen molar-refractivity contribution in [3.8, 4) is 0 Å². The normalized spacial score (nSPS) is 10.7. The lowest BCUT2D eigenvalue weighted by Gasteiger charge is -2.11. The molecule has 0 saturated heterocycles. The molecule has 0 aliphatic carbocycles. The molecule has 0 aliphatic heterocycles. The van der Waals surface area contributed by atoms with Crippen LogP contribution < -0.4 is 10.6 Å². The van der Waals surface area contributed by atoms with E-state index in [1.54, 1.807) is 0 Å². The molecule has 0 atom stereocenters. The Labute approximate surface area is 109 Å². The molecule has 0 fully saturated rings. The number of rotatable bonds is 8. The van der Waals surface area contributed by atoms with Gasteiger partial charge in [-0.05, 0) is 19.8 Å². The number of hydrogen-bond donors (Lipinski definition) is 2. The lowest BCUT2D eigenvalue weighted by atomic mass is 10.2. The quantitative estimate of drug-likeness (QED) is 0.695. The molecule has 18 heavy (non-hydrogen) atoms. The minimum absolute atomic E-state index is 0.575. The van der Waals surface area contributed by atoms with Gasteiger partial charge in [0, 0.05) is 31.5 Å². The van der Waals surface area contributed by atoms with Crippen LogP contribution in [0.25, 0.3) is 0 Å². The van der Waals surface area contributed by atoms with E-state index in [1.807, 2.05) is 20.0 Å². The topological polar surface area (TPSA) is 59.1 Å². The maximum Gasteiger partial charge on any atom is 0.224 e. The Kier molecular flexibility index (Phi) is 6.43. The van der Waals surface area contributed by atoms with Crippen LogP contribution in [0.15, 0.2) is 6.20 Å². The van der Waals surface area contributed by atoms with Gasteiger partial charge in [0.25, 0.3) is 0 Å². The molecule has 5 heteroatoms. The Hall–Kier alpha value is -1.36. The molecule has 0 spiro atoms. The Balaban J connectivity index is 2.38. The van der Waals surface area contributed by atoms with Gasteiger partial charge in [0.2, 0.25) is 5.95 Å². The van der Waals surface area contributed by atoms with E-state index in [0.29, 0.717) is 18.5 Å². The van der Waals surface area contributed by atoms with Crippen LogP contribution in [0.1, 0.15) is 26.3 Å². The molecule has 0 aliphatic rings. The number of aromatic nitrogens is 2. The van der Waals surface area contributed by atoms with Gasteiger partial charge in [0.05, 0.1) is 6.61 Å². The van der Waals surface area contributed by atoms with Crippen molar-refractivity contribution in [3.63, 3.8) is 0 Å². The average Bonchev–Trinajstić information content (AvgIpc) is 2.32. The summed E-state index contributed by atoms with van der Waals surface area (Å²) in [5, 5.41) is 6.37. The highest BCUT2D eigenvalue weighted by molar-refractivity contribution is 5.46. The Morgan fingerprint density at radius 1 is 1.33 bits per heavy atom. The smallest absolute Gasteiger partial charge is 0.224 e. The summed E-state index contributed by atoms with van der Waals surface area (Å²) in [5.41, 5.74) is 1.04. The highest BCUT2D eigenvalue weighted by atomic mass is 16.5. The van der Waals surface area contributed by atoms with Gasteiger partial charge in [0.1, 0.15) is 5.82 Å². The Morgan fingerprint density at radius 2 is 2.11 bits per heavy atom. The second kappa shape index (κ2) is 7.87. The first-order valence-corrected chi connectivity index (χ1v) is 6.52. The zero-order valence-corrected chi connectivity index (χ0v) is 11.8. The van der Waals surface area contributed by atoms with Crippen molar-refractivity contribution in [2.75, 3.05) is 36.9 Å². The summed E-state index contributed by atoms with van der Waals surface area (Å²) in [4.78, 5) is 8.61. The molecule has 1 aromatic rings. The van der Waals surface area contributed by atoms with Gasteiger partial charge < -0.3 is 15.4 Å². The van der Waals surface area contributed by atoms with Gasteiger partial charge in [-0.2, -0.15) is 4.98 Å². The summed E-state index contributed by atoms with van der Waals surface area (Å²) in [6, 6.07) is 0. The summed E-state index contributed by atoms with van der Waals surface area (Å²) in [7, 11) is 0. The van der Waals surface area contributed by atoms with Crippen LogP contribution >= 0.6 is 0 Å². The van der Waals surface area contributed by atoms with E-state index in [4.69, 9.17) is 4.74 Å². The maximum absolute atomic E-state index is 5.51. The monoisotopic (exact) mass is 252 g/mol. The lowest BCUT2D eigenvalue weighted by molar-refractivity contribution is 0.118. The number of nitrogens with zero attached hydrogens (tertiary/aromatic N) is 2. The third kappa shape index (κ3) is 5.31. The summed E-state index contributed by atoms with van der Waals surface area (Å²) in [6.45, 7) is 11.4. The van der Waals surface area contributed by atoms with E-state index in [-0.39, 0.29) is 0 Å². The largest absolute Gasteiger partial charge is 0.379 e. The molecule has 0 radical (unpaired) electrons. The van der Waals surface area contributed by atoms with E-state index in [2.05, 4.69) is 34.4 Å². The minimum atomic E-state index is 0.575. The van der Waals surface area contributed by atoms with Gasteiger partial charge in [0.15, 0.2) is 0 Å². The summed E-state index contributed by atoms with van der Waals surface area (Å²) in [6.07, 6.45) is 1.82. The first-order chi connectivity index (χ1) is 8.63. The highest BCUT2D eigenvalue weighted by Gasteiger charge is 2.02. The molecule has 5 nitrogen and oxygen atoms in total. The number of hydrogen-bond acceptors (Lipinski definition) is 5. The van der Waals surface area contributed by atoms with Crippen LogP contribution in [-0.4, -0.2) is 36.3 Å². The number of aryl methyl sites for hydroxylation is 1. The van der Waals surface area contributed by atoms with Gasteiger partial charge in [-0.25, -0.2) is 4.98 Å². The second-order valence-corrected chi connectivity index (χ2v) is 4.65. The van der Waals surface area contributed by atoms with E-state index < -0.39 is 0 Å². The van der Waals surface area contributed by atoms with E-state index in [0.717, 1.165) is 31.1 Å². The molecular weight excluding hydrogens is 228 g/mol. The predicted molar refractivity (Wildman–Crippen MR) is 75.1 cm³/mol. The van der Waals surface area contributed by atoms with Crippen molar-refractivity contribution >= 4 is 11.8 Å². The SMILES string of the molecule is CCNc1ncc(C)c(NCCOCC(C)C)n1. The Morgan fingerprint density at radius 3 is 2.78 bits per heavy atom. The second-order valence-electron chi connectivity index (χ2n) is 4.65. The van der Waals surface area contributed by atoms with Crippen LogP contribution in [0.3, 0.4) is 0 Å². The Bertz CT molecular complexity index is 355. The van der Waals surface area contributed by atoms with Gasteiger partial charge in [-0.15, -0.1) is 0 Å². The lowest BCUT2D eigenvalue weighted by Crippen LogP contribution is -2.14. The zero-order valence-electron chi connectivity index (χ0n) is 11.8. The highest BCUT2D eigenvalue weighted by Crippen LogP contribution is 2.11. The van der Waals surface area contributed by atoms with Crippen LogP contribution in [-0.2, 0) is 4.74 Å². The zero-order chi connectivity index (χ0) is 13.4. The fourth-order valence-corrected chi connectivity index (χ4v) is 1.42. The first-order valence-electron chi connectivity index (χ1n) is 6.52. The maximum atomic E-state index is 5.51. The molecule has 2 N–H and O–H groups in total. The summed E-state index contributed by atoms with van der Waals surface area (Å²) in [5.74, 6) is 2.11. The van der Waals surface area contributed by atoms with E-state index in [9.17, 15) is 0 Å². The minimum Gasteiger partial charge on any atom is -0.379 e. The molecule has 0 amide bonds. The number of nitrogens with one attached hydrogen (secondary N) is 2. The molecule has 1 aromatic heterocycles. The van der Waals surface area contributed by atoms with Crippen molar-refractivity contribution in [3.05, 3.63) is 11.8 Å². The van der Waals surface area contributed by atoms with Crippen LogP contribution in [0.2, 0.25) is 0 Å². The molecular formula is C13H24N4O. The molecule has 0 unspecified atom stereocenters. The first kappa shape index (κ1) is 14.7. The van der Waals surface area contributed by atoms with Crippen molar-refractivity contribution in [1.29, 1.82) is 0 Å². The molecule has 0 aromatic carbocycles. The van der Waals surface area contributed by atoms with E-state index in [1.165, 1.54) is 0 Å². The van der Waals surface area contributed by atoms with Gasteiger partial charge in [-0.3, -0.25) is 0 Å². The standard InChI is InChI=1S/C13H24N4O/c1-5-14-13-16-8-11(4)12(17-13)15-6-7-18-9-10(2)3/h8,10H,5-7,9H2,1-4H3,(H2,14,15,16,17). The molecule has 102 valence electrons. The molecule has 0 bridgehead atoms. The van der Waals surface area contributed by atoms with Crippen LogP contribution in [0, 0.1) is 12.8 Å². The molecule has 0 saturated carbocycles. The number of anilines is 2. The fourth-order valence-electron chi connectivity index (χ4n) is 1.42. The summed E-state index contributed by atoms with van der Waals surface area (Å²) < 4.78 is 5.51. The third-order valence-corrected chi connectivity index (χ3v) is 2.30. The molecule has 1 rings (SSSR count). The van der Waals surface area contributed by atoms with Gasteiger partial charge >= 0.3 is 0 Å². The van der Waals surface area contributed by atoms with Crippen molar-refractivity contribution in [2.24, 2.45) is 5.92 Å². The predicted octanol–water partition coefficient (Wildman–Crippen LogP) is 2.30. The molecule has 1 heterocycles. The van der Waals surface area contributed by atoms with Gasteiger partial charge in [-0.1, -0.05) is 13.8 Å². The third-order valence-electron chi connectivity index (χ3n) is 2.30. The summed E-state index contributed by atoms with van der Waals surface area (Å²) >= 11 is 0. The fraction of sp³-hybridized carbons (Fsp3) is 0.692. The van der Waals surface area contributed by atoms with Crippen LogP contribution in [0.4, 0.5) is 11.8 Å². The van der Waals surface area contributed by atoms with Crippen molar-refractivity contribution < 1.29 is 4.74 Å². The number of ether oxygens (including phenoxy) is 1.